The van der Waals surface area contributed by atoms with Crippen LogP contribution in [0.1, 0.15) is 24.5 Å². The molecule has 1 aromatic heterocycles. The van der Waals surface area contributed by atoms with Crippen molar-refractivity contribution in [2.24, 2.45) is 0 Å². The smallest absolute Gasteiger partial charge is 0.306 e. The van der Waals surface area contributed by atoms with Crippen molar-refractivity contribution in [1.29, 1.82) is 0 Å². The van der Waals surface area contributed by atoms with E-state index in [-0.39, 0.29) is 25.3 Å². The van der Waals surface area contributed by atoms with Crippen LogP contribution in [0.15, 0.2) is 53.7 Å². The molecule has 2 aromatic rings. The van der Waals surface area contributed by atoms with Gasteiger partial charge in [0.05, 0.1) is 22.5 Å². The van der Waals surface area contributed by atoms with E-state index in [1.165, 1.54) is 40.7 Å². The van der Waals surface area contributed by atoms with E-state index < -0.39 is 16.9 Å². The molecular weight excluding hydrogens is 428 g/mol. The molecule has 0 saturated heterocycles. The fourth-order valence-electron chi connectivity index (χ4n) is 2.28. The number of esters is 2. The number of carbonyl (C=O) groups excluding carboxylic acids is 2. The predicted octanol–water partition coefficient (Wildman–Crippen LogP) is 4.44. The molecule has 0 unspecified atom stereocenters. The molecule has 0 atom stereocenters. The Bertz CT molecular complexity index is 905. The van der Waals surface area contributed by atoms with Gasteiger partial charge in [-0.25, -0.2) is 4.98 Å². The van der Waals surface area contributed by atoms with Gasteiger partial charge < -0.3 is 9.47 Å². The van der Waals surface area contributed by atoms with Crippen LogP contribution in [-0.2, 0) is 25.7 Å². The predicted molar refractivity (Wildman–Crippen MR) is 116 cm³/mol. The van der Waals surface area contributed by atoms with Crippen molar-refractivity contribution in [2.45, 2.75) is 25.0 Å². The SMILES string of the molecule is CC(=O)OC/C=C/c1cccc(COC(=O)CCSSc2ccccn2)c1[N+](=O)[O-]. The van der Waals surface area contributed by atoms with Crippen LogP contribution in [0.2, 0.25) is 0 Å². The zero-order chi connectivity index (χ0) is 21.8. The fourth-order valence-corrected chi connectivity index (χ4v) is 4.13. The molecule has 0 fully saturated rings. The van der Waals surface area contributed by atoms with Crippen LogP contribution in [0.4, 0.5) is 5.69 Å². The van der Waals surface area contributed by atoms with E-state index in [9.17, 15) is 19.7 Å². The third kappa shape index (κ3) is 8.26. The normalized spacial score (nSPS) is 10.7. The molecule has 30 heavy (non-hydrogen) atoms. The fraction of sp³-hybridized carbons (Fsp3) is 0.250. The topological polar surface area (TPSA) is 109 Å². The molecule has 10 heteroatoms. The van der Waals surface area contributed by atoms with Gasteiger partial charge in [-0.1, -0.05) is 22.9 Å². The molecule has 1 heterocycles. The molecule has 1 aromatic carbocycles. The Labute approximate surface area is 181 Å². The zero-order valence-corrected chi connectivity index (χ0v) is 17.8. The minimum absolute atomic E-state index is 0.0138. The van der Waals surface area contributed by atoms with Crippen molar-refractivity contribution >= 4 is 45.3 Å². The second kappa shape index (κ2) is 12.7. The quantitative estimate of drug-likeness (QED) is 0.162. The average Bonchev–Trinajstić information content (AvgIpc) is 2.73. The lowest BCUT2D eigenvalue weighted by Gasteiger charge is -2.07. The number of benzene rings is 1. The highest BCUT2D eigenvalue weighted by Gasteiger charge is 2.19. The van der Waals surface area contributed by atoms with Gasteiger partial charge >= 0.3 is 11.9 Å². The van der Waals surface area contributed by atoms with Crippen molar-refractivity contribution in [1.82, 2.24) is 4.98 Å². The summed E-state index contributed by atoms with van der Waals surface area (Å²) in [6.45, 7) is 1.10. The maximum atomic E-state index is 12.0. The number of aromatic nitrogens is 1. The second-order valence-corrected chi connectivity index (χ2v) is 8.24. The standard InChI is InChI=1S/C20H20N2O6S2/c1-15(23)27-12-5-8-16-6-4-7-17(20(16)22(25)26)14-28-19(24)10-13-29-30-18-9-2-3-11-21-18/h2-9,11H,10,12-14H2,1H3/b8-5+. The summed E-state index contributed by atoms with van der Waals surface area (Å²) in [6, 6.07) is 10.3. The summed E-state index contributed by atoms with van der Waals surface area (Å²) < 4.78 is 9.98. The van der Waals surface area contributed by atoms with E-state index in [0.29, 0.717) is 16.9 Å². The van der Waals surface area contributed by atoms with Crippen LogP contribution >= 0.6 is 21.6 Å². The molecule has 0 radical (unpaired) electrons. The van der Waals surface area contributed by atoms with Crippen LogP contribution in [0.3, 0.4) is 0 Å². The number of hydrogen-bond donors (Lipinski definition) is 0. The minimum atomic E-state index is -0.520. The summed E-state index contributed by atoms with van der Waals surface area (Å²) in [5, 5.41) is 12.4. The number of para-hydroxylation sites is 1. The molecule has 0 bridgehead atoms. The van der Waals surface area contributed by atoms with Crippen LogP contribution in [0, 0.1) is 10.1 Å². The molecule has 0 aliphatic rings. The van der Waals surface area contributed by atoms with Gasteiger partial charge in [0.15, 0.2) is 0 Å². The Kier molecular flexibility index (Phi) is 9.88. The molecule has 0 saturated carbocycles. The largest absolute Gasteiger partial charge is 0.462 e. The van der Waals surface area contributed by atoms with Crippen LogP contribution in [0.25, 0.3) is 6.08 Å². The highest BCUT2D eigenvalue weighted by molar-refractivity contribution is 8.76. The zero-order valence-electron chi connectivity index (χ0n) is 16.2. The summed E-state index contributed by atoms with van der Waals surface area (Å²) >= 11 is 0. The van der Waals surface area contributed by atoms with Gasteiger partial charge in [0, 0.05) is 18.9 Å². The molecule has 2 rings (SSSR count). The number of nitro groups is 1. The highest BCUT2D eigenvalue weighted by Crippen LogP contribution is 2.30. The summed E-state index contributed by atoms with van der Waals surface area (Å²) in [7, 11) is 2.95. The Morgan fingerprint density at radius 2 is 2.03 bits per heavy atom. The van der Waals surface area contributed by atoms with Crippen LogP contribution in [0.5, 0.6) is 0 Å². The van der Waals surface area contributed by atoms with Gasteiger partial charge in [-0.3, -0.25) is 19.7 Å². The van der Waals surface area contributed by atoms with Crippen molar-refractivity contribution in [3.8, 4) is 0 Å². The van der Waals surface area contributed by atoms with Gasteiger partial charge in [-0.2, -0.15) is 0 Å². The third-order valence-corrected chi connectivity index (χ3v) is 5.84. The first kappa shape index (κ1) is 23.4. The highest BCUT2D eigenvalue weighted by atomic mass is 33.1. The van der Waals surface area contributed by atoms with E-state index in [0.717, 1.165) is 5.03 Å². The summed E-state index contributed by atoms with van der Waals surface area (Å²) in [6.07, 6.45) is 4.89. The average molecular weight is 449 g/mol. The maximum Gasteiger partial charge on any atom is 0.306 e. The molecule has 158 valence electrons. The van der Waals surface area contributed by atoms with E-state index in [4.69, 9.17) is 9.47 Å². The summed E-state index contributed by atoms with van der Waals surface area (Å²) in [5.74, 6) is -0.346. The van der Waals surface area contributed by atoms with Crippen LogP contribution in [-0.4, -0.2) is 34.2 Å². The van der Waals surface area contributed by atoms with Crippen molar-refractivity contribution in [2.75, 3.05) is 12.4 Å². The monoisotopic (exact) mass is 448 g/mol. The number of carbonyl (C=O) groups is 2. The number of ether oxygens (including phenoxy) is 2. The van der Waals surface area contributed by atoms with E-state index in [1.807, 2.05) is 18.2 Å². The lowest BCUT2D eigenvalue weighted by Crippen LogP contribution is -2.07. The van der Waals surface area contributed by atoms with E-state index >= 15 is 0 Å². The molecule has 0 N–H and O–H groups in total. The van der Waals surface area contributed by atoms with Gasteiger partial charge in [-0.05, 0) is 47.2 Å². The number of nitrogens with zero attached hydrogens (tertiary/aromatic N) is 2. The van der Waals surface area contributed by atoms with Gasteiger partial charge in [0.1, 0.15) is 18.2 Å². The molecule has 8 nitrogen and oxygen atoms in total. The Hall–Kier alpha value is -2.85. The third-order valence-electron chi connectivity index (χ3n) is 3.57. The Balaban J connectivity index is 1.87. The Morgan fingerprint density at radius 1 is 1.20 bits per heavy atom. The number of pyridine rings is 1. The molecule has 0 amide bonds. The van der Waals surface area contributed by atoms with Gasteiger partial charge in [-0.15, -0.1) is 0 Å². The van der Waals surface area contributed by atoms with Crippen LogP contribution < -0.4 is 0 Å². The second-order valence-electron chi connectivity index (χ2n) is 5.80. The van der Waals surface area contributed by atoms with Crippen molar-refractivity contribution < 1.29 is 24.0 Å². The minimum Gasteiger partial charge on any atom is -0.462 e. The first-order chi connectivity index (χ1) is 14.5. The molecule has 0 aliphatic heterocycles. The van der Waals surface area contributed by atoms with Gasteiger partial charge in [0.25, 0.3) is 5.69 Å². The number of nitro benzene ring substituents is 1. The first-order valence-electron chi connectivity index (χ1n) is 8.89. The number of hydrogen-bond acceptors (Lipinski definition) is 9. The first-order valence-corrected chi connectivity index (χ1v) is 11.2. The lowest BCUT2D eigenvalue weighted by atomic mass is 10.1. The summed E-state index contributed by atoms with van der Waals surface area (Å²) in [4.78, 5) is 37.9. The molecule has 0 spiro atoms. The van der Waals surface area contributed by atoms with Crippen molar-refractivity contribution in [3.05, 3.63) is 69.9 Å². The summed E-state index contributed by atoms with van der Waals surface area (Å²) in [5.41, 5.74) is 0.478. The Morgan fingerprint density at radius 3 is 2.73 bits per heavy atom. The molecule has 0 aliphatic carbocycles. The number of rotatable bonds is 11. The van der Waals surface area contributed by atoms with Gasteiger partial charge in [0.2, 0.25) is 0 Å². The van der Waals surface area contributed by atoms with Crippen molar-refractivity contribution in [3.63, 3.8) is 0 Å². The lowest BCUT2D eigenvalue weighted by molar-refractivity contribution is -0.386. The van der Waals surface area contributed by atoms with E-state index in [1.54, 1.807) is 24.4 Å². The maximum absolute atomic E-state index is 12.0. The van der Waals surface area contributed by atoms with E-state index in [2.05, 4.69) is 4.98 Å². The molecular formula is C20H20N2O6S2.